The van der Waals surface area contributed by atoms with E-state index in [1.54, 1.807) is 41.4 Å². The highest BCUT2D eigenvalue weighted by atomic mass is 79.9. The molecule has 5 rings (SSSR count). The number of carbonyl (C=O) groups excluding carboxylic acids is 1. The molecule has 1 amide bonds. The standard InChI is InChI=1S/C23H16BrFN4O2S/c24-17-10-9-14(30)11-16(17)21-26-19-8-4-2-6-15(19)20-22(31)27-23(28-29(20)21)32-12-13-5-1-3-7-18(13)25/h1-11,21,30H,12H2,(H,27,28,31). The number of benzene rings is 3. The molecule has 160 valence electrons. The van der Waals surface area contributed by atoms with Crippen molar-refractivity contribution in [2.24, 2.45) is 10.1 Å². The van der Waals surface area contributed by atoms with Crippen LogP contribution in [0.2, 0.25) is 0 Å². The van der Waals surface area contributed by atoms with Gasteiger partial charge < -0.3 is 5.11 Å². The van der Waals surface area contributed by atoms with Crippen LogP contribution >= 0.6 is 27.7 Å². The summed E-state index contributed by atoms with van der Waals surface area (Å²) in [6.07, 6.45) is -0.670. The van der Waals surface area contributed by atoms with Gasteiger partial charge in [-0.05, 0) is 35.9 Å². The zero-order valence-corrected chi connectivity index (χ0v) is 18.9. The number of amidine groups is 1. The molecule has 0 radical (unpaired) electrons. The largest absolute Gasteiger partial charge is 0.508 e. The summed E-state index contributed by atoms with van der Waals surface area (Å²) in [5, 5.41) is 20.8. The Kier molecular flexibility index (Phi) is 5.44. The highest BCUT2D eigenvalue weighted by molar-refractivity contribution is 9.10. The van der Waals surface area contributed by atoms with Gasteiger partial charge in [-0.1, -0.05) is 64.1 Å². The lowest BCUT2D eigenvalue weighted by Crippen LogP contribution is -2.50. The highest BCUT2D eigenvalue weighted by Gasteiger charge is 2.35. The van der Waals surface area contributed by atoms with Crippen molar-refractivity contribution in [2.45, 2.75) is 11.9 Å². The van der Waals surface area contributed by atoms with E-state index in [0.717, 1.165) is 4.47 Å². The van der Waals surface area contributed by atoms with Crippen LogP contribution in [0.25, 0.3) is 5.70 Å². The van der Waals surface area contributed by atoms with Gasteiger partial charge in [-0.2, -0.15) is 0 Å². The Hall–Kier alpha value is -3.17. The predicted molar refractivity (Wildman–Crippen MR) is 124 cm³/mol. The molecule has 6 nitrogen and oxygen atoms in total. The van der Waals surface area contributed by atoms with Gasteiger partial charge in [0.1, 0.15) is 17.3 Å². The first kappa shape index (κ1) is 20.7. The van der Waals surface area contributed by atoms with Crippen LogP contribution in [0, 0.1) is 5.82 Å². The molecule has 0 saturated carbocycles. The molecule has 3 aromatic carbocycles. The lowest BCUT2D eigenvalue weighted by atomic mass is 10.1. The third-order valence-electron chi connectivity index (χ3n) is 5.10. The first-order valence-electron chi connectivity index (χ1n) is 9.72. The SMILES string of the molecule is O=C1NC(SCc2ccccc2F)=NN2C1=c1ccccc1=NC2c1cc(O)ccc1Br. The Balaban J connectivity index is 1.60. The Labute approximate surface area is 195 Å². The topological polar surface area (TPSA) is 77.3 Å². The minimum atomic E-state index is -0.670. The van der Waals surface area contributed by atoms with Crippen molar-refractivity contribution >= 4 is 44.5 Å². The Morgan fingerprint density at radius 3 is 2.75 bits per heavy atom. The quantitative estimate of drug-likeness (QED) is 0.566. The van der Waals surface area contributed by atoms with Crippen LogP contribution in [0.5, 0.6) is 5.75 Å². The van der Waals surface area contributed by atoms with Crippen LogP contribution < -0.4 is 15.9 Å². The molecule has 0 saturated heterocycles. The van der Waals surface area contributed by atoms with E-state index in [0.29, 0.717) is 38.3 Å². The molecule has 2 N–H and O–H groups in total. The number of thioether (sulfide) groups is 1. The zero-order valence-electron chi connectivity index (χ0n) is 16.5. The van der Waals surface area contributed by atoms with Gasteiger partial charge in [0, 0.05) is 21.0 Å². The minimum absolute atomic E-state index is 0.0819. The summed E-state index contributed by atoms with van der Waals surface area (Å²) in [5.74, 6) is -0.236. The number of nitrogens with zero attached hydrogens (tertiary/aromatic N) is 3. The van der Waals surface area contributed by atoms with E-state index in [-0.39, 0.29) is 17.5 Å². The average Bonchev–Trinajstić information content (AvgIpc) is 2.79. The third-order valence-corrected chi connectivity index (χ3v) is 6.73. The molecule has 0 aromatic heterocycles. The number of carbonyl (C=O) groups is 1. The number of hydrogen-bond acceptors (Lipinski definition) is 6. The van der Waals surface area contributed by atoms with Gasteiger partial charge in [-0.15, -0.1) is 5.10 Å². The van der Waals surface area contributed by atoms with Crippen LogP contribution in [0.1, 0.15) is 17.3 Å². The van der Waals surface area contributed by atoms with Crippen molar-refractivity contribution in [3.05, 3.63) is 98.7 Å². The number of phenolic OH excluding ortho intramolecular Hbond substituents is 1. The van der Waals surface area contributed by atoms with Gasteiger partial charge >= 0.3 is 0 Å². The van der Waals surface area contributed by atoms with Crippen LogP contribution in [0.15, 0.2) is 81.3 Å². The highest BCUT2D eigenvalue weighted by Crippen LogP contribution is 2.36. The second kappa shape index (κ2) is 8.40. The smallest absolute Gasteiger partial charge is 0.276 e. The van der Waals surface area contributed by atoms with Gasteiger partial charge in [-0.3, -0.25) is 15.1 Å². The number of amides is 1. The molecule has 9 heteroatoms. The van der Waals surface area contributed by atoms with Crippen LogP contribution in [-0.4, -0.2) is 21.2 Å². The first-order chi connectivity index (χ1) is 15.5. The number of hydrazone groups is 1. The van der Waals surface area contributed by atoms with Crippen molar-refractivity contribution in [2.75, 3.05) is 0 Å². The Morgan fingerprint density at radius 2 is 1.91 bits per heavy atom. The van der Waals surface area contributed by atoms with Gasteiger partial charge in [0.2, 0.25) is 0 Å². The van der Waals surface area contributed by atoms with E-state index >= 15 is 0 Å². The second-order valence-electron chi connectivity index (χ2n) is 7.16. The fourth-order valence-electron chi connectivity index (χ4n) is 3.59. The summed E-state index contributed by atoms with van der Waals surface area (Å²) in [7, 11) is 0. The van der Waals surface area contributed by atoms with Gasteiger partial charge in [0.05, 0.1) is 5.36 Å². The van der Waals surface area contributed by atoms with E-state index in [1.807, 2.05) is 24.3 Å². The maximum atomic E-state index is 14.0. The number of fused-ring (bicyclic) bond motifs is 2. The number of rotatable bonds is 3. The number of hydrogen-bond donors (Lipinski definition) is 2. The molecule has 3 aromatic rings. The summed E-state index contributed by atoms with van der Waals surface area (Å²) >= 11 is 4.75. The number of halogens is 2. The molecule has 0 aliphatic carbocycles. The maximum absolute atomic E-state index is 14.0. The van der Waals surface area contributed by atoms with Crippen molar-refractivity contribution in [3.63, 3.8) is 0 Å². The molecule has 0 bridgehead atoms. The van der Waals surface area contributed by atoms with Crippen molar-refractivity contribution in [1.29, 1.82) is 0 Å². The zero-order chi connectivity index (χ0) is 22.2. The van der Waals surface area contributed by atoms with Gasteiger partial charge in [0.25, 0.3) is 5.91 Å². The van der Waals surface area contributed by atoms with Crippen LogP contribution in [0.4, 0.5) is 4.39 Å². The molecular formula is C23H16BrFN4O2S. The molecule has 1 unspecified atom stereocenters. The van der Waals surface area contributed by atoms with Crippen molar-refractivity contribution in [1.82, 2.24) is 10.3 Å². The third kappa shape index (κ3) is 3.78. The number of nitrogens with one attached hydrogen (secondary N) is 1. The van der Waals surface area contributed by atoms with E-state index in [2.05, 4.69) is 26.3 Å². The molecular weight excluding hydrogens is 495 g/mol. The molecule has 32 heavy (non-hydrogen) atoms. The van der Waals surface area contributed by atoms with E-state index in [4.69, 9.17) is 4.99 Å². The van der Waals surface area contributed by atoms with Crippen molar-refractivity contribution < 1.29 is 14.3 Å². The van der Waals surface area contributed by atoms with Gasteiger partial charge in [-0.25, -0.2) is 9.40 Å². The molecule has 1 atom stereocenters. The lowest BCUT2D eigenvalue weighted by molar-refractivity contribution is -0.116. The van der Waals surface area contributed by atoms with E-state index in [9.17, 15) is 14.3 Å². The van der Waals surface area contributed by atoms with Crippen LogP contribution in [0.3, 0.4) is 0 Å². The fourth-order valence-corrected chi connectivity index (χ4v) is 4.87. The molecule has 2 aliphatic heterocycles. The molecule has 0 fully saturated rings. The van der Waals surface area contributed by atoms with E-state index < -0.39 is 6.17 Å². The monoisotopic (exact) mass is 510 g/mol. The molecule has 2 aliphatic rings. The normalized spacial score (nSPS) is 17.1. The summed E-state index contributed by atoms with van der Waals surface area (Å²) in [5.41, 5.74) is 1.55. The lowest BCUT2D eigenvalue weighted by Gasteiger charge is -2.34. The Morgan fingerprint density at radius 1 is 1.12 bits per heavy atom. The molecule has 2 heterocycles. The predicted octanol–water partition coefficient (Wildman–Crippen LogP) is 3.37. The fraction of sp³-hybridized carbons (Fsp3) is 0.0870. The number of para-hydroxylation sites is 1. The average molecular weight is 511 g/mol. The van der Waals surface area contributed by atoms with E-state index in [1.165, 1.54) is 17.8 Å². The summed E-state index contributed by atoms with van der Waals surface area (Å²) in [6, 6.07) is 18.7. The Bertz CT molecular complexity index is 1390. The minimum Gasteiger partial charge on any atom is -0.508 e. The molecule has 0 spiro atoms. The summed E-state index contributed by atoms with van der Waals surface area (Å²) < 4.78 is 14.7. The van der Waals surface area contributed by atoms with Crippen molar-refractivity contribution in [3.8, 4) is 5.75 Å². The number of phenols is 1. The maximum Gasteiger partial charge on any atom is 0.276 e. The van der Waals surface area contributed by atoms with Crippen LogP contribution in [-0.2, 0) is 10.5 Å². The second-order valence-corrected chi connectivity index (χ2v) is 8.98. The summed E-state index contributed by atoms with van der Waals surface area (Å²) in [4.78, 5) is 18.0. The first-order valence-corrected chi connectivity index (χ1v) is 11.5. The summed E-state index contributed by atoms with van der Waals surface area (Å²) in [6.45, 7) is 0. The number of aromatic hydroxyl groups is 1. The van der Waals surface area contributed by atoms with Gasteiger partial charge in [0.15, 0.2) is 11.3 Å².